The molecule has 0 bridgehead atoms. The first-order valence-electron chi connectivity index (χ1n) is 7.61. The standard InChI is InChI=1S/C14H16BrN3O9/c1-6(19)24-4-9-10(25-7(2)20)11(26-8(3)21)14(27-9)17-5-16-13(12(17)15)18(22)23/h5,9-11,14H,4H2,1-3H3/t9-,10-,11-,14-/m1/s1. The first kappa shape index (κ1) is 20.8. The molecule has 2 heterocycles. The number of rotatable bonds is 6. The molecule has 2 rings (SSSR count). The highest BCUT2D eigenvalue weighted by Gasteiger charge is 2.51. The Bertz CT molecular complexity index is 765. The molecule has 0 unspecified atom stereocenters. The average Bonchev–Trinajstić information content (AvgIpc) is 3.06. The van der Waals surface area contributed by atoms with Crippen molar-refractivity contribution in [2.45, 2.75) is 45.3 Å². The number of nitrogens with zero attached hydrogens (tertiary/aromatic N) is 3. The zero-order valence-electron chi connectivity index (χ0n) is 14.5. The van der Waals surface area contributed by atoms with E-state index in [0.29, 0.717) is 0 Å². The van der Waals surface area contributed by atoms with Crippen molar-refractivity contribution in [3.05, 3.63) is 21.0 Å². The van der Waals surface area contributed by atoms with Crippen LogP contribution in [-0.4, -0.2) is 57.3 Å². The molecule has 148 valence electrons. The molecular weight excluding hydrogens is 434 g/mol. The van der Waals surface area contributed by atoms with Crippen molar-refractivity contribution in [3.8, 4) is 0 Å². The van der Waals surface area contributed by atoms with Gasteiger partial charge in [0.15, 0.2) is 23.0 Å². The maximum atomic E-state index is 11.5. The third-order valence-corrected chi connectivity index (χ3v) is 4.27. The zero-order valence-corrected chi connectivity index (χ0v) is 16.1. The third-order valence-electron chi connectivity index (χ3n) is 3.50. The summed E-state index contributed by atoms with van der Waals surface area (Å²) >= 11 is 3.05. The summed E-state index contributed by atoms with van der Waals surface area (Å²) in [4.78, 5) is 48.1. The highest BCUT2D eigenvalue weighted by atomic mass is 79.9. The van der Waals surface area contributed by atoms with Crippen LogP contribution in [0, 0.1) is 10.1 Å². The largest absolute Gasteiger partial charge is 0.463 e. The van der Waals surface area contributed by atoms with E-state index in [-0.39, 0.29) is 11.2 Å². The van der Waals surface area contributed by atoms with Gasteiger partial charge in [0.1, 0.15) is 12.7 Å². The van der Waals surface area contributed by atoms with Gasteiger partial charge in [0.25, 0.3) is 0 Å². The molecular formula is C14H16BrN3O9. The number of hydrogen-bond donors (Lipinski definition) is 0. The van der Waals surface area contributed by atoms with Crippen LogP contribution < -0.4 is 0 Å². The smallest absolute Gasteiger partial charge is 0.396 e. The molecule has 1 aliphatic rings. The van der Waals surface area contributed by atoms with Gasteiger partial charge < -0.3 is 29.1 Å². The lowest BCUT2D eigenvalue weighted by Gasteiger charge is -2.23. The van der Waals surface area contributed by atoms with Crippen LogP contribution in [0.2, 0.25) is 0 Å². The highest BCUT2D eigenvalue weighted by molar-refractivity contribution is 9.10. The lowest BCUT2D eigenvalue weighted by atomic mass is 10.1. The van der Waals surface area contributed by atoms with Crippen LogP contribution in [0.4, 0.5) is 5.82 Å². The van der Waals surface area contributed by atoms with Crippen LogP contribution in [0.25, 0.3) is 0 Å². The zero-order chi connectivity index (χ0) is 20.3. The van der Waals surface area contributed by atoms with Gasteiger partial charge in [0, 0.05) is 20.8 Å². The van der Waals surface area contributed by atoms with Crippen LogP contribution in [0.3, 0.4) is 0 Å². The molecule has 0 radical (unpaired) electrons. The second-order valence-corrected chi connectivity index (χ2v) is 6.29. The maximum Gasteiger partial charge on any atom is 0.396 e. The lowest BCUT2D eigenvalue weighted by Crippen LogP contribution is -2.40. The summed E-state index contributed by atoms with van der Waals surface area (Å²) in [5, 5.41) is 11.0. The fourth-order valence-corrected chi connectivity index (χ4v) is 3.09. The Morgan fingerprint density at radius 1 is 1.22 bits per heavy atom. The molecule has 0 amide bonds. The molecule has 12 nitrogen and oxygen atoms in total. The van der Waals surface area contributed by atoms with E-state index in [0.717, 1.165) is 20.2 Å². The molecule has 0 aromatic carbocycles. The van der Waals surface area contributed by atoms with E-state index in [2.05, 4.69) is 20.9 Å². The van der Waals surface area contributed by atoms with Gasteiger partial charge in [-0.1, -0.05) is 0 Å². The van der Waals surface area contributed by atoms with E-state index in [1.807, 2.05) is 0 Å². The Kier molecular flexibility index (Phi) is 6.49. The molecule has 1 aliphatic heterocycles. The van der Waals surface area contributed by atoms with Crippen molar-refractivity contribution in [2.24, 2.45) is 0 Å². The van der Waals surface area contributed by atoms with Gasteiger partial charge in [-0.05, 0) is 25.8 Å². The predicted octanol–water partition coefficient (Wildman–Crippen LogP) is 0.878. The first-order chi connectivity index (χ1) is 12.6. The van der Waals surface area contributed by atoms with Crippen molar-refractivity contribution >= 4 is 39.7 Å². The second kappa shape index (κ2) is 8.43. The molecule has 4 atom stereocenters. The minimum atomic E-state index is -1.16. The molecule has 1 aromatic rings. The fraction of sp³-hybridized carbons (Fsp3) is 0.571. The Morgan fingerprint density at radius 3 is 2.30 bits per heavy atom. The number of esters is 3. The van der Waals surface area contributed by atoms with Crippen LogP contribution in [0.1, 0.15) is 27.0 Å². The maximum absolute atomic E-state index is 11.5. The van der Waals surface area contributed by atoms with Crippen molar-refractivity contribution in [2.75, 3.05) is 6.61 Å². The molecule has 13 heteroatoms. The molecule has 0 N–H and O–H groups in total. The Hall–Kier alpha value is -2.54. The molecule has 27 heavy (non-hydrogen) atoms. The van der Waals surface area contributed by atoms with E-state index in [4.69, 9.17) is 18.9 Å². The minimum Gasteiger partial charge on any atom is -0.463 e. The summed E-state index contributed by atoms with van der Waals surface area (Å²) < 4.78 is 22.3. The number of carbonyl (C=O) groups excluding carboxylic acids is 3. The first-order valence-corrected chi connectivity index (χ1v) is 8.41. The number of imidazole rings is 1. The van der Waals surface area contributed by atoms with Gasteiger partial charge in [-0.3, -0.25) is 19.0 Å². The number of hydrogen-bond acceptors (Lipinski definition) is 10. The van der Waals surface area contributed by atoms with Gasteiger partial charge in [0.05, 0.1) is 0 Å². The second-order valence-electron chi connectivity index (χ2n) is 5.54. The molecule has 1 saturated heterocycles. The van der Waals surface area contributed by atoms with Crippen LogP contribution in [0.15, 0.2) is 10.9 Å². The Morgan fingerprint density at radius 2 is 1.81 bits per heavy atom. The van der Waals surface area contributed by atoms with Crippen molar-refractivity contribution in [1.29, 1.82) is 0 Å². The average molecular weight is 450 g/mol. The minimum absolute atomic E-state index is 0.0376. The van der Waals surface area contributed by atoms with Crippen molar-refractivity contribution < 1.29 is 38.3 Å². The van der Waals surface area contributed by atoms with Gasteiger partial charge >= 0.3 is 23.7 Å². The molecule has 0 spiro atoms. The molecule has 0 saturated carbocycles. The summed E-state index contributed by atoms with van der Waals surface area (Å²) in [5.74, 6) is -2.44. The van der Waals surface area contributed by atoms with Gasteiger partial charge in [-0.2, -0.15) is 0 Å². The van der Waals surface area contributed by atoms with Gasteiger partial charge in [-0.15, -0.1) is 0 Å². The van der Waals surface area contributed by atoms with E-state index >= 15 is 0 Å². The quantitative estimate of drug-likeness (QED) is 0.265. The van der Waals surface area contributed by atoms with Crippen LogP contribution in [-0.2, 0) is 33.3 Å². The topological polar surface area (TPSA) is 149 Å². The van der Waals surface area contributed by atoms with Crippen molar-refractivity contribution in [3.63, 3.8) is 0 Å². The number of halogens is 1. The van der Waals surface area contributed by atoms with E-state index < -0.39 is 53.2 Å². The van der Waals surface area contributed by atoms with Crippen LogP contribution in [0.5, 0.6) is 0 Å². The Labute approximate surface area is 161 Å². The number of aromatic nitrogens is 2. The SMILES string of the molecule is CC(=O)OC[C@H]1O[C@@H](n2cnc([N+](=O)[O-])c2Br)[C@H](OC(C)=O)[C@@H]1OC(C)=O. The molecule has 0 aliphatic carbocycles. The summed E-state index contributed by atoms with van der Waals surface area (Å²) in [7, 11) is 0. The fourth-order valence-electron chi connectivity index (χ4n) is 2.55. The monoisotopic (exact) mass is 449 g/mol. The van der Waals surface area contributed by atoms with E-state index in [1.54, 1.807) is 0 Å². The highest BCUT2D eigenvalue weighted by Crippen LogP contribution is 2.38. The molecule has 1 aromatic heterocycles. The third kappa shape index (κ3) is 4.80. The summed E-state index contributed by atoms with van der Waals surface area (Å²) in [5.41, 5.74) is 0. The summed E-state index contributed by atoms with van der Waals surface area (Å²) in [6.45, 7) is 3.20. The normalized spacial score (nSPS) is 24.3. The predicted molar refractivity (Wildman–Crippen MR) is 88.2 cm³/mol. The number of carbonyl (C=O) groups is 3. The number of ether oxygens (including phenoxy) is 4. The van der Waals surface area contributed by atoms with Crippen molar-refractivity contribution in [1.82, 2.24) is 9.55 Å². The summed E-state index contributed by atoms with van der Waals surface area (Å²) in [6.07, 6.45) is -3.24. The Balaban J connectivity index is 2.41. The number of nitro groups is 1. The van der Waals surface area contributed by atoms with Crippen LogP contribution >= 0.6 is 15.9 Å². The lowest BCUT2D eigenvalue weighted by molar-refractivity contribution is -0.390. The van der Waals surface area contributed by atoms with Gasteiger partial charge in [-0.25, -0.2) is 0 Å². The summed E-state index contributed by atoms with van der Waals surface area (Å²) in [6, 6.07) is 0. The van der Waals surface area contributed by atoms with E-state index in [9.17, 15) is 24.5 Å². The molecule has 1 fully saturated rings. The van der Waals surface area contributed by atoms with E-state index in [1.165, 1.54) is 11.5 Å². The van der Waals surface area contributed by atoms with Gasteiger partial charge in [0.2, 0.25) is 6.33 Å².